The molecular weight excluding hydrogens is 252 g/mol. The van der Waals surface area contributed by atoms with Crippen molar-refractivity contribution in [2.24, 2.45) is 5.92 Å². The molecule has 0 radical (unpaired) electrons. The van der Waals surface area contributed by atoms with Gasteiger partial charge < -0.3 is 15.0 Å². The number of likely N-dealkylation sites (tertiary alicyclic amines) is 1. The van der Waals surface area contributed by atoms with Crippen molar-refractivity contribution in [3.8, 4) is 5.75 Å². The van der Waals surface area contributed by atoms with Crippen LogP contribution in [0.25, 0.3) is 0 Å². The van der Waals surface area contributed by atoms with Gasteiger partial charge in [-0.3, -0.25) is 4.79 Å². The first-order valence-electron chi connectivity index (χ1n) is 7.21. The average Bonchev–Trinajstić information content (AvgIpc) is 2.38. The van der Waals surface area contributed by atoms with Crippen LogP contribution < -0.4 is 10.1 Å². The van der Waals surface area contributed by atoms with Crippen molar-refractivity contribution in [2.45, 2.75) is 26.2 Å². The Morgan fingerprint density at radius 1 is 1.50 bits per heavy atom. The number of carbonyl (C=O) groups excluding carboxylic acids is 1. The Kier molecular flexibility index (Phi) is 5.01. The molecule has 110 valence electrons. The molecule has 1 aliphatic heterocycles. The standard InChI is InChI=1S/C16H24N2O2/c1-12-6-7-15(20-3)14(9-12)17-16(19)10-13-5-4-8-18(2)11-13/h6-7,9,13H,4-5,8,10-11H2,1-3H3,(H,17,19). The molecule has 2 rings (SSSR count). The van der Waals surface area contributed by atoms with E-state index in [0.717, 1.165) is 30.8 Å². The summed E-state index contributed by atoms with van der Waals surface area (Å²) in [6, 6.07) is 5.81. The number of nitrogens with zero attached hydrogens (tertiary/aromatic N) is 1. The molecule has 1 saturated heterocycles. The maximum atomic E-state index is 12.2. The smallest absolute Gasteiger partial charge is 0.224 e. The molecule has 1 N–H and O–H groups in total. The van der Waals surface area contributed by atoms with E-state index in [1.54, 1.807) is 7.11 Å². The Balaban J connectivity index is 1.95. The topological polar surface area (TPSA) is 41.6 Å². The van der Waals surface area contributed by atoms with Crippen molar-refractivity contribution in [2.75, 3.05) is 32.6 Å². The summed E-state index contributed by atoms with van der Waals surface area (Å²) in [5.74, 6) is 1.25. The molecule has 4 nitrogen and oxygen atoms in total. The minimum absolute atomic E-state index is 0.0780. The quantitative estimate of drug-likeness (QED) is 0.919. The van der Waals surface area contributed by atoms with Gasteiger partial charge in [0.25, 0.3) is 0 Å². The fourth-order valence-electron chi connectivity index (χ4n) is 2.82. The summed E-state index contributed by atoms with van der Waals surface area (Å²) in [6.45, 7) is 4.16. The minimum atomic E-state index is 0.0780. The molecule has 0 saturated carbocycles. The number of ether oxygens (including phenoxy) is 1. The minimum Gasteiger partial charge on any atom is -0.495 e. The van der Waals surface area contributed by atoms with Crippen molar-refractivity contribution in [3.05, 3.63) is 23.8 Å². The predicted molar refractivity (Wildman–Crippen MR) is 81.2 cm³/mol. The van der Waals surface area contributed by atoms with E-state index in [0.29, 0.717) is 18.1 Å². The highest BCUT2D eigenvalue weighted by Crippen LogP contribution is 2.26. The average molecular weight is 276 g/mol. The highest BCUT2D eigenvalue weighted by atomic mass is 16.5. The third kappa shape index (κ3) is 3.97. The van der Waals surface area contributed by atoms with Gasteiger partial charge in [-0.25, -0.2) is 0 Å². The second-order valence-corrected chi connectivity index (χ2v) is 5.73. The van der Waals surface area contributed by atoms with Gasteiger partial charge >= 0.3 is 0 Å². The summed E-state index contributed by atoms with van der Waals surface area (Å²) in [5, 5.41) is 2.98. The van der Waals surface area contributed by atoms with E-state index in [1.165, 1.54) is 6.42 Å². The normalized spacial score (nSPS) is 19.6. The van der Waals surface area contributed by atoms with E-state index >= 15 is 0 Å². The first kappa shape index (κ1) is 14.9. The van der Waals surface area contributed by atoms with Crippen LogP contribution in [0, 0.1) is 12.8 Å². The molecule has 1 heterocycles. The molecule has 20 heavy (non-hydrogen) atoms. The van der Waals surface area contributed by atoms with Crippen LogP contribution >= 0.6 is 0 Å². The number of benzene rings is 1. The summed E-state index contributed by atoms with van der Waals surface area (Å²) in [4.78, 5) is 14.5. The third-order valence-corrected chi connectivity index (χ3v) is 3.83. The number of hydrogen-bond donors (Lipinski definition) is 1. The van der Waals surface area contributed by atoms with Gasteiger partial charge in [-0.05, 0) is 57.0 Å². The van der Waals surface area contributed by atoms with Crippen molar-refractivity contribution in [1.29, 1.82) is 0 Å². The molecule has 1 atom stereocenters. The predicted octanol–water partition coefficient (Wildman–Crippen LogP) is 2.67. The van der Waals surface area contributed by atoms with Crippen LogP contribution in [0.5, 0.6) is 5.75 Å². The van der Waals surface area contributed by atoms with E-state index in [2.05, 4.69) is 17.3 Å². The van der Waals surface area contributed by atoms with Crippen LogP contribution in [0.2, 0.25) is 0 Å². The Morgan fingerprint density at radius 2 is 2.30 bits per heavy atom. The van der Waals surface area contributed by atoms with Crippen molar-refractivity contribution >= 4 is 11.6 Å². The molecule has 4 heteroatoms. The molecule has 1 fully saturated rings. The molecule has 1 aliphatic rings. The summed E-state index contributed by atoms with van der Waals surface area (Å²) in [5.41, 5.74) is 1.88. The molecule has 0 spiro atoms. The second kappa shape index (κ2) is 6.75. The highest BCUT2D eigenvalue weighted by molar-refractivity contribution is 5.92. The first-order valence-corrected chi connectivity index (χ1v) is 7.21. The van der Waals surface area contributed by atoms with E-state index in [-0.39, 0.29) is 5.91 Å². The van der Waals surface area contributed by atoms with Gasteiger partial charge in [0.1, 0.15) is 5.75 Å². The highest BCUT2D eigenvalue weighted by Gasteiger charge is 2.20. The number of aryl methyl sites for hydroxylation is 1. The van der Waals surface area contributed by atoms with Gasteiger partial charge in [-0.1, -0.05) is 6.07 Å². The molecule has 0 aromatic heterocycles. The van der Waals surface area contributed by atoms with Crippen molar-refractivity contribution in [3.63, 3.8) is 0 Å². The molecule has 1 aromatic carbocycles. The summed E-state index contributed by atoms with van der Waals surface area (Å²) >= 11 is 0. The zero-order chi connectivity index (χ0) is 14.5. The lowest BCUT2D eigenvalue weighted by molar-refractivity contribution is -0.117. The monoisotopic (exact) mass is 276 g/mol. The SMILES string of the molecule is COc1ccc(C)cc1NC(=O)CC1CCCN(C)C1. The largest absolute Gasteiger partial charge is 0.495 e. The van der Waals surface area contributed by atoms with E-state index < -0.39 is 0 Å². The molecule has 1 amide bonds. The van der Waals surface area contributed by atoms with Crippen molar-refractivity contribution in [1.82, 2.24) is 4.90 Å². The number of carbonyl (C=O) groups is 1. The summed E-state index contributed by atoms with van der Waals surface area (Å²) < 4.78 is 5.29. The van der Waals surface area contributed by atoms with Crippen LogP contribution in [0.3, 0.4) is 0 Å². The molecule has 0 aliphatic carbocycles. The van der Waals surface area contributed by atoms with E-state index in [1.807, 2.05) is 25.1 Å². The van der Waals surface area contributed by atoms with Crippen molar-refractivity contribution < 1.29 is 9.53 Å². The van der Waals surface area contributed by atoms with Gasteiger partial charge in [0, 0.05) is 13.0 Å². The fourth-order valence-corrected chi connectivity index (χ4v) is 2.82. The number of methoxy groups -OCH3 is 1. The van der Waals surface area contributed by atoms with E-state index in [4.69, 9.17) is 4.74 Å². The number of piperidine rings is 1. The van der Waals surface area contributed by atoms with Gasteiger partial charge in [0.15, 0.2) is 0 Å². The summed E-state index contributed by atoms with van der Waals surface area (Å²) in [7, 11) is 3.74. The van der Waals surface area contributed by atoms with Gasteiger partial charge in [-0.15, -0.1) is 0 Å². The lowest BCUT2D eigenvalue weighted by atomic mass is 9.95. The van der Waals surface area contributed by atoms with Gasteiger partial charge in [0.05, 0.1) is 12.8 Å². The Hall–Kier alpha value is -1.55. The molecule has 1 aromatic rings. The van der Waals surface area contributed by atoms with Crippen LogP contribution in [-0.4, -0.2) is 38.1 Å². The van der Waals surface area contributed by atoms with Gasteiger partial charge in [-0.2, -0.15) is 0 Å². The number of rotatable bonds is 4. The molecular formula is C16H24N2O2. The first-order chi connectivity index (χ1) is 9.58. The second-order valence-electron chi connectivity index (χ2n) is 5.73. The Bertz CT molecular complexity index is 474. The third-order valence-electron chi connectivity index (χ3n) is 3.83. The zero-order valence-electron chi connectivity index (χ0n) is 12.6. The molecule has 1 unspecified atom stereocenters. The van der Waals surface area contributed by atoms with Crippen LogP contribution in [0.1, 0.15) is 24.8 Å². The Morgan fingerprint density at radius 3 is 3.00 bits per heavy atom. The van der Waals surface area contributed by atoms with Crippen LogP contribution in [0.15, 0.2) is 18.2 Å². The fraction of sp³-hybridized carbons (Fsp3) is 0.562. The van der Waals surface area contributed by atoms with Crippen LogP contribution in [0.4, 0.5) is 5.69 Å². The number of nitrogens with one attached hydrogen (secondary N) is 1. The number of amides is 1. The Labute approximate surface area is 121 Å². The zero-order valence-corrected chi connectivity index (χ0v) is 12.6. The lowest BCUT2D eigenvalue weighted by Gasteiger charge is -2.29. The maximum Gasteiger partial charge on any atom is 0.224 e. The lowest BCUT2D eigenvalue weighted by Crippen LogP contribution is -2.34. The maximum absolute atomic E-state index is 12.2. The molecule has 0 bridgehead atoms. The number of anilines is 1. The van der Waals surface area contributed by atoms with Crippen LogP contribution in [-0.2, 0) is 4.79 Å². The number of hydrogen-bond acceptors (Lipinski definition) is 3. The summed E-state index contributed by atoms with van der Waals surface area (Å²) in [6.07, 6.45) is 2.91. The van der Waals surface area contributed by atoms with Gasteiger partial charge in [0.2, 0.25) is 5.91 Å². The van der Waals surface area contributed by atoms with E-state index in [9.17, 15) is 4.79 Å².